The van der Waals surface area contributed by atoms with Crippen molar-refractivity contribution in [3.8, 4) is 0 Å². The van der Waals surface area contributed by atoms with E-state index in [1.165, 1.54) is 12.5 Å². The van der Waals surface area contributed by atoms with E-state index in [9.17, 15) is 39.6 Å². The highest BCUT2D eigenvalue weighted by Crippen LogP contribution is 2.85. The van der Waals surface area contributed by atoms with Gasteiger partial charge in [-0.3, -0.25) is 19.2 Å². The minimum Gasteiger partial charge on any atom is -0.472 e. The first-order valence-corrected chi connectivity index (χ1v) is 18.2. The second-order valence-corrected chi connectivity index (χ2v) is 17.4. The summed E-state index contributed by atoms with van der Waals surface area (Å²) in [6.07, 6.45) is -6.35. The monoisotopic (exact) mass is 732 g/mol. The third kappa shape index (κ3) is 3.51. The molecule has 4 bridgehead atoms. The van der Waals surface area contributed by atoms with Gasteiger partial charge in [0.2, 0.25) is 0 Å². The van der Waals surface area contributed by atoms with Crippen molar-refractivity contribution in [3.63, 3.8) is 0 Å². The third-order valence-corrected chi connectivity index (χ3v) is 14.3. The van der Waals surface area contributed by atoms with Crippen LogP contribution in [0.4, 0.5) is 0 Å². The number of hydrogen-bond donors (Lipinski definition) is 4. The van der Waals surface area contributed by atoms with Gasteiger partial charge in [0.25, 0.3) is 0 Å². The number of esters is 4. The molecule has 0 unspecified atom stereocenters. The zero-order chi connectivity index (χ0) is 38.0. The summed E-state index contributed by atoms with van der Waals surface area (Å²) in [6, 6.07) is 1.57. The Hall–Kier alpha value is -3.08. The first-order chi connectivity index (χ1) is 24.1. The molecular formula is C37H48O15. The van der Waals surface area contributed by atoms with E-state index in [0.29, 0.717) is 5.56 Å². The summed E-state index contributed by atoms with van der Waals surface area (Å²) < 4.78 is 44.1. The smallest absolute Gasteiger partial charge is 0.309 e. The lowest BCUT2D eigenvalue weighted by Gasteiger charge is -2.75. The van der Waals surface area contributed by atoms with E-state index in [-0.39, 0.29) is 25.7 Å². The topological polar surface area (TPSA) is 218 Å². The van der Waals surface area contributed by atoms with Gasteiger partial charge in [0.15, 0.2) is 34.8 Å². The van der Waals surface area contributed by atoms with Crippen molar-refractivity contribution in [3.05, 3.63) is 24.2 Å². The van der Waals surface area contributed by atoms with Gasteiger partial charge in [0.1, 0.15) is 23.4 Å². The quantitative estimate of drug-likeness (QED) is 0.221. The Morgan fingerprint density at radius 1 is 1.00 bits per heavy atom. The minimum atomic E-state index is -2.81. The van der Waals surface area contributed by atoms with Crippen molar-refractivity contribution >= 4 is 23.9 Å². The van der Waals surface area contributed by atoms with Gasteiger partial charge in [0.05, 0.1) is 42.3 Å². The third-order valence-electron chi connectivity index (χ3n) is 14.3. The van der Waals surface area contributed by atoms with Crippen molar-refractivity contribution in [2.75, 3.05) is 0 Å². The fourth-order valence-corrected chi connectivity index (χ4v) is 12.2. The first-order valence-electron chi connectivity index (χ1n) is 18.2. The number of ether oxygens (including phenoxy) is 6. The van der Waals surface area contributed by atoms with Gasteiger partial charge in [-0.25, -0.2) is 0 Å². The Morgan fingerprint density at radius 3 is 2.25 bits per heavy atom. The van der Waals surface area contributed by atoms with Crippen molar-refractivity contribution in [1.82, 2.24) is 0 Å². The fraction of sp³-hybridized carbons (Fsp3) is 0.784. The highest BCUT2D eigenvalue weighted by molar-refractivity contribution is 5.77. The summed E-state index contributed by atoms with van der Waals surface area (Å²) >= 11 is 0. The largest absolute Gasteiger partial charge is 0.472 e. The number of rotatable bonds is 8. The van der Waals surface area contributed by atoms with E-state index in [0.717, 1.165) is 6.92 Å². The second kappa shape index (κ2) is 10.4. The molecule has 8 rings (SSSR count). The molecule has 1 aromatic heterocycles. The number of aliphatic hydroxyl groups is 4. The Kier molecular flexibility index (Phi) is 7.16. The standard InChI is InChI=1S/C37H48O15/c1-9-32-13-21-31(8,23(19-10-11-46-14-19)48-26(40)16(2)3)24(49-27(41)17(4)5)25(47-18(6)38)36(45)35(21,52-32)29(51-32)34(44)28(42)30(7)15-33(34,43)37(36)20(30)12-22(39)50-37/h10-11,14,16-17,20-21,23-25,28-29,42-45H,9,12-13,15H2,1-8H3/t20-,21+,23-,24-,25+,28-,29+,30+,31+,32-,33-,34-,35+,36+,37-/m0/s1. The number of fused-ring (bicyclic) bond motifs is 4. The Labute approximate surface area is 300 Å². The van der Waals surface area contributed by atoms with Crippen LogP contribution in [-0.4, -0.2) is 103 Å². The van der Waals surface area contributed by atoms with Crippen LogP contribution in [-0.2, 0) is 47.6 Å². The van der Waals surface area contributed by atoms with Gasteiger partial charge >= 0.3 is 23.9 Å². The van der Waals surface area contributed by atoms with Crippen LogP contribution in [0, 0.1) is 34.5 Å². The van der Waals surface area contributed by atoms with Crippen LogP contribution in [0.1, 0.15) is 92.7 Å². The van der Waals surface area contributed by atoms with Crippen molar-refractivity contribution in [2.24, 2.45) is 34.5 Å². The predicted octanol–water partition coefficient (Wildman–Crippen LogP) is 1.61. The molecule has 0 amide bonds. The van der Waals surface area contributed by atoms with Gasteiger partial charge in [0, 0.05) is 36.2 Å². The fourth-order valence-electron chi connectivity index (χ4n) is 12.2. The Bertz CT molecular complexity index is 1740. The summed E-state index contributed by atoms with van der Waals surface area (Å²) in [5.41, 5.74) is -15.6. The van der Waals surface area contributed by atoms with Gasteiger partial charge in [-0.2, -0.15) is 0 Å². The zero-order valence-electron chi connectivity index (χ0n) is 30.5. The number of carbonyl (C=O) groups is 4. The molecule has 3 aliphatic heterocycles. The Morgan fingerprint density at radius 2 is 1.67 bits per heavy atom. The van der Waals surface area contributed by atoms with Gasteiger partial charge < -0.3 is 53.3 Å². The molecule has 4 aliphatic carbocycles. The molecule has 4 saturated carbocycles. The van der Waals surface area contributed by atoms with E-state index in [1.807, 2.05) is 0 Å². The molecule has 15 heteroatoms. The molecule has 2 spiro atoms. The minimum absolute atomic E-state index is 0.0501. The normalized spacial score (nSPS) is 50.9. The number of aliphatic hydroxyl groups excluding tert-OH is 1. The summed E-state index contributed by atoms with van der Waals surface area (Å²) in [5, 5.41) is 52.5. The average molecular weight is 733 g/mol. The maximum Gasteiger partial charge on any atom is 0.309 e. The summed E-state index contributed by atoms with van der Waals surface area (Å²) in [7, 11) is 0. The highest BCUT2D eigenvalue weighted by Gasteiger charge is 3.05. The molecule has 4 heterocycles. The van der Waals surface area contributed by atoms with Crippen molar-refractivity contribution in [2.45, 2.75) is 145 Å². The number of hydrogen-bond acceptors (Lipinski definition) is 15. The van der Waals surface area contributed by atoms with E-state index >= 15 is 0 Å². The molecular weight excluding hydrogens is 684 g/mol. The van der Waals surface area contributed by atoms with Crippen LogP contribution < -0.4 is 0 Å². The van der Waals surface area contributed by atoms with E-state index < -0.39 is 123 Å². The molecule has 4 N–H and O–H groups in total. The van der Waals surface area contributed by atoms with Crippen LogP contribution in [0.2, 0.25) is 0 Å². The number of furan rings is 1. The molecule has 7 fully saturated rings. The Balaban J connectivity index is 1.50. The average Bonchev–Trinajstić information content (AvgIpc) is 3.91. The summed E-state index contributed by atoms with van der Waals surface area (Å²) in [6.45, 7) is 12.6. The molecule has 0 radical (unpaired) electrons. The van der Waals surface area contributed by atoms with Crippen LogP contribution >= 0.6 is 0 Å². The van der Waals surface area contributed by atoms with Crippen LogP contribution in [0.5, 0.6) is 0 Å². The molecule has 7 aliphatic rings. The van der Waals surface area contributed by atoms with Crippen molar-refractivity contribution < 1.29 is 72.4 Å². The van der Waals surface area contributed by atoms with Crippen LogP contribution in [0.3, 0.4) is 0 Å². The molecule has 3 saturated heterocycles. The van der Waals surface area contributed by atoms with Gasteiger partial charge in [-0.15, -0.1) is 0 Å². The maximum absolute atomic E-state index is 14.1. The highest BCUT2D eigenvalue weighted by atomic mass is 16.8. The number of carbonyl (C=O) groups excluding carboxylic acids is 4. The van der Waals surface area contributed by atoms with Crippen LogP contribution in [0.25, 0.3) is 0 Å². The lowest BCUT2D eigenvalue weighted by molar-refractivity contribution is -0.447. The molecule has 1 aromatic rings. The zero-order valence-corrected chi connectivity index (χ0v) is 30.5. The van der Waals surface area contributed by atoms with Gasteiger partial charge in [-0.1, -0.05) is 48.5 Å². The molecule has 286 valence electrons. The predicted molar refractivity (Wildman–Crippen MR) is 171 cm³/mol. The van der Waals surface area contributed by atoms with E-state index in [2.05, 4.69) is 0 Å². The lowest BCUT2D eigenvalue weighted by atomic mass is 9.36. The molecule has 15 atom stereocenters. The lowest BCUT2D eigenvalue weighted by Crippen LogP contribution is -2.99. The molecule has 52 heavy (non-hydrogen) atoms. The van der Waals surface area contributed by atoms with E-state index in [1.54, 1.807) is 54.5 Å². The van der Waals surface area contributed by atoms with Crippen LogP contribution in [0.15, 0.2) is 23.0 Å². The maximum atomic E-state index is 14.1. The molecule has 15 nitrogen and oxygen atoms in total. The molecule has 0 aromatic carbocycles. The summed E-state index contributed by atoms with van der Waals surface area (Å²) in [5.74, 6) is -8.41. The van der Waals surface area contributed by atoms with Crippen molar-refractivity contribution in [1.29, 1.82) is 0 Å². The first kappa shape index (κ1) is 35.9. The van der Waals surface area contributed by atoms with Gasteiger partial charge in [-0.05, 0) is 18.9 Å². The summed E-state index contributed by atoms with van der Waals surface area (Å²) in [4.78, 5) is 54.4. The van der Waals surface area contributed by atoms with E-state index in [4.69, 9.17) is 32.8 Å². The SMILES string of the molecule is CC[C@@]12C[C@@H]3[C@](C)([C@@H](OC(=O)C(C)C)c4ccoc4)[C@@H](OC(=O)C(C)C)[C@@H](OC(C)=O)[C@@]4(O)[C@]3(O1)[C@H](O2)[C@@]1(O)[C@@H](O)[C@]2(C)C[C@@]1(O)[C@]41OC(=O)C[C@@H]21. The second-order valence-electron chi connectivity index (χ2n) is 17.4.